The van der Waals surface area contributed by atoms with E-state index in [-0.39, 0.29) is 24.3 Å². The molecule has 1 aromatic rings. The van der Waals surface area contributed by atoms with E-state index in [9.17, 15) is 14.7 Å². The van der Waals surface area contributed by atoms with Crippen LogP contribution in [0.4, 0.5) is 10.6 Å². The molecule has 25 heavy (non-hydrogen) atoms. The second-order valence-electron chi connectivity index (χ2n) is 7.79. The van der Waals surface area contributed by atoms with E-state index < -0.39 is 11.7 Å². The fraction of sp³-hybridized carbons (Fsp3) is 0.706. The molecule has 1 aromatic heterocycles. The van der Waals surface area contributed by atoms with Crippen LogP contribution in [-0.4, -0.2) is 63.5 Å². The molecule has 2 saturated heterocycles. The van der Waals surface area contributed by atoms with Gasteiger partial charge >= 0.3 is 6.09 Å². The highest BCUT2D eigenvalue weighted by atomic mass is 16.6. The van der Waals surface area contributed by atoms with Gasteiger partial charge in [-0.2, -0.15) is 5.10 Å². The number of carbonyl (C=O) groups excluding carboxylic acids is 2. The van der Waals surface area contributed by atoms with Gasteiger partial charge < -0.3 is 14.7 Å². The quantitative estimate of drug-likeness (QED) is 0.844. The van der Waals surface area contributed by atoms with Crippen LogP contribution in [0.15, 0.2) is 6.07 Å². The Hall–Kier alpha value is -2.09. The summed E-state index contributed by atoms with van der Waals surface area (Å²) in [7, 11) is 0. The molecule has 3 rings (SSSR count). The average Bonchev–Trinajstić information content (AvgIpc) is 3.12. The number of aliphatic hydroxyl groups excluding tert-OH is 1. The molecule has 1 unspecified atom stereocenters. The number of amides is 2. The second-order valence-corrected chi connectivity index (χ2v) is 7.79. The van der Waals surface area contributed by atoms with Gasteiger partial charge in [-0.05, 0) is 33.6 Å². The first-order chi connectivity index (χ1) is 11.7. The maximum atomic E-state index is 12.1. The molecule has 0 radical (unpaired) electrons. The number of carbonyl (C=O) groups is 2. The van der Waals surface area contributed by atoms with Gasteiger partial charge in [0.15, 0.2) is 5.82 Å². The first-order valence-corrected chi connectivity index (χ1v) is 8.74. The summed E-state index contributed by atoms with van der Waals surface area (Å²) in [6.45, 7) is 7.14. The number of anilines is 1. The predicted molar refractivity (Wildman–Crippen MR) is 91.3 cm³/mol. The largest absolute Gasteiger partial charge is 0.444 e. The molecule has 8 nitrogen and oxygen atoms in total. The molecule has 0 spiro atoms. The monoisotopic (exact) mass is 350 g/mol. The number of likely N-dealkylation sites (tertiary alicyclic amines) is 1. The SMILES string of the molecule is CC(C)(C)OC(=O)N1CCC(c2cc(N3CC(O)CC3=O)n[nH]2)CC1. The van der Waals surface area contributed by atoms with Crippen LogP contribution < -0.4 is 4.90 Å². The van der Waals surface area contributed by atoms with Crippen molar-refractivity contribution in [2.24, 2.45) is 0 Å². The van der Waals surface area contributed by atoms with Crippen LogP contribution in [0, 0.1) is 0 Å². The summed E-state index contributed by atoms with van der Waals surface area (Å²) in [6, 6.07) is 1.88. The lowest BCUT2D eigenvalue weighted by atomic mass is 9.94. The molecule has 0 saturated carbocycles. The molecule has 3 heterocycles. The van der Waals surface area contributed by atoms with Crippen LogP contribution in [0.5, 0.6) is 0 Å². The number of ether oxygens (including phenoxy) is 1. The minimum Gasteiger partial charge on any atom is -0.444 e. The number of rotatable bonds is 2. The van der Waals surface area contributed by atoms with Crippen LogP contribution in [0.3, 0.4) is 0 Å². The first kappa shape index (κ1) is 17.7. The number of nitrogens with zero attached hydrogens (tertiary/aromatic N) is 3. The van der Waals surface area contributed by atoms with Crippen molar-refractivity contribution in [3.8, 4) is 0 Å². The Morgan fingerprint density at radius 3 is 2.60 bits per heavy atom. The number of hydrogen-bond acceptors (Lipinski definition) is 5. The van der Waals surface area contributed by atoms with Gasteiger partial charge in [-0.3, -0.25) is 14.8 Å². The highest BCUT2D eigenvalue weighted by Crippen LogP contribution is 2.30. The first-order valence-electron chi connectivity index (χ1n) is 8.74. The standard InChI is InChI=1S/C17H26N4O4/c1-17(2,3)25-16(24)20-6-4-11(5-7-20)13-9-14(19-18-13)21-10-12(22)8-15(21)23/h9,11-12,22H,4-8,10H2,1-3H3,(H,18,19). The lowest BCUT2D eigenvalue weighted by Gasteiger charge is -2.33. The van der Waals surface area contributed by atoms with Crippen LogP contribution in [0.2, 0.25) is 0 Å². The molecule has 2 fully saturated rings. The van der Waals surface area contributed by atoms with Crippen LogP contribution in [0.1, 0.15) is 51.6 Å². The Morgan fingerprint density at radius 1 is 1.36 bits per heavy atom. The smallest absolute Gasteiger partial charge is 0.410 e. The maximum Gasteiger partial charge on any atom is 0.410 e. The Balaban J connectivity index is 1.57. The van der Waals surface area contributed by atoms with E-state index in [0.29, 0.717) is 25.5 Å². The Kier molecular flexibility index (Phi) is 4.73. The number of aromatic nitrogens is 2. The zero-order valence-electron chi connectivity index (χ0n) is 15.0. The summed E-state index contributed by atoms with van der Waals surface area (Å²) >= 11 is 0. The van der Waals surface area contributed by atoms with E-state index in [1.165, 1.54) is 4.90 Å². The number of aromatic amines is 1. The third kappa shape index (κ3) is 4.12. The van der Waals surface area contributed by atoms with E-state index in [0.717, 1.165) is 18.5 Å². The Bertz CT molecular complexity index is 643. The summed E-state index contributed by atoms with van der Waals surface area (Å²) in [5.74, 6) is 0.721. The number of hydrogen-bond donors (Lipinski definition) is 2. The molecule has 2 N–H and O–H groups in total. The van der Waals surface area contributed by atoms with Crippen LogP contribution in [-0.2, 0) is 9.53 Å². The average molecular weight is 350 g/mol. The highest BCUT2D eigenvalue weighted by Gasteiger charge is 2.32. The number of H-pyrrole nitrogens is 1. The zero-order chi connectivity index (χ0) is 18.2. The van der Waals surface area contributed by atoms with Crippen molar-refractivity contribution < 1.29 is 19.4 Å². The van der Waals surface area contributed by atoms with Gasteiger partial charge in [0.25, 0.3) is 0 Å². The number of β-amino-alcohol motifs (C(OH)–C–C–N with tert-alkyl or cyclic N) is 1. The normalized spacial score (nSPS) is 22.6. The van der Waals surface area contributed by atoms with E-state index in [1.54, 1.807) is 4.90 Å². The topological polar surface area (TPSA) is 98.8 Å². The fourth-order valence-corrected chi connectivity index (χ4v) is 3.28. The van der Waals surface area contributed by atoms with Gasteiger partial charge in [0.05, 0.1) is 19.1 Å². The summed E-state index contributed by atoms with van der Waals surface area (Å²) in [4.78, 5) is 27.2. The van der Waals surface area contributed by atoms with Gasteiger partial charge in [-0.25, -0.2) is 4.79 Å². The van der Waals surface area contributed by atoms with Gasteiger partial charge in [0.2, 0.25) is 5.91 Å². The molecule has 0 aliphatic carbocycles. The van der Waals surface area contributed by atoms with E-state index in [4.69, 9.17) is 4.74 Å². The lowest BCUT2D eigenvalue weighted by molar-refractivity contribution is -0.117. The molecular weight excluding hydrogens is 324 g/mol. The summed E-state index contributed by atoms with van der Waals surface area (Å²) in [5.41, 5.74) is 0.479. The summed E-state index contributed by atoms with van der Waals surface area (Å²) in [6.07, 6.45) is 0.892. The number of nitrogens with one attached hydrogen (secondary N) is 1. The lowest BCUT2D eigenvalue weighted by Crippen LogP contribution is -2.41. The summed E-state index contributed by atoms with van der Waals surface area (Å²) in [5, 5.41) is 16.8. The summed E-state index contributed by atoms with van der Waals surface area (Å²) < 4.78 is 5.41. The van der Waals surface area contributed by atoms with Gasteiger partial charge in [-0.15, -0.1) is 0 Å². The second kappa shape index (κ2) is 6.67. The number of piperidine rings is 1. The molecule has 138 valence electrons. The Labute approximate surface area is 147 Å². The van der Waals surface area contributed by atoms with Crippen molar-refractivity contribution >= 4 is 17.8 Å². The van der Waals surface area contributed by atoms with E-state index >= 15 is 0 Å². The Morgan fingerprint density at radius 2 is 2.04 bits per heavy atom. The number of aliphatic hydroxyl groups is 1. The van der Waals surface area contributed by atoms with Gasteiger partial charge in [0.1, 0.15) is 5.60 Å². The van der Waals surface area contributed by atoms with Crippen molar-refractivity contribution in [3.05, 3.63) is 11.8 Å². The predicted octanol–water partition coefficient (Wildman–Crippen LogP) is 1.62. The third-order valence-electron chi connectivity index (χ3n) is 4.55. The van der Waals surface area contributed by atoms with Crippen molar-refractivity contribution in [2.75, 3.05) is 24.5 Å². The minimum atomic E-state index is -0.621. The zero-order valence-corrected chi connectivity index (χ0v) is 15.0. The van der Waals surface area contributed by atoms with Crippen molar-refractivity contribution in [3.63, 3.8) is 0 Å². The molecule has 2 amide bonds. The van der Waals surface area contributed by atoms with Crippen molar-refractivity contribution in [1.82, 2.24) is 15.1 Å². The molecule has 0 bridgehead atoms. The third-order valence-corrected chi connectivity index (χ3v) is 4.55. The minimum absolute atomic E-state index is 0.106. The molecule has 0 aromatic carbocycles. The molecular formula is C17H26N4O4. The maximum absolute atomic E-state index is 12.1. The van der Waals surface area contributed by atoms with Crippen LogP contribution in [0.25, 0.3) is 0 Å². The molecule has 1 atom stereocenters. The van der Waals surface area contributed by atoms with Crippen molar-refractivity contribution in [2.45, 2.75) is 57.7 Å². The van der Waals surface area contributed by atoms with Gasteiger partial charge in [-0.1, -0.05) is 0 Å². The fourth-order valence-electron chi connectivity index (χ4n) is 3.28. The molecule has 2 aliphatic heterocycles. The van der Waals surface area contributed by atoms with Crippen LogP contribution >= 0.6 is 0 Å². The molecule has 2 aliphatic rings. The van der Waals surface area contributed by atoms with Gasteiger partial charge in [0, 0.05) is 30.8 Å². The van der Waals surface area contributed by atoms with Crippen molar-refractivity contribution in [1.29, 1.82) is 0 Å². The van der Waals surface area contributed by atoms with E-state index in [2.05, 4.69) is 10.2 Å². The molecule has 8 heteroatoms. The highest BCUT2D eigenvalue weighted by molar-refractivity contribution is 5.95. The van der Waals surface area contributed by atoms with E-state index in [1.807, 2.05) is 26.8 Å².